The van der Waals surface area contributed by atoms with Gasteiger partial charge in [0.25, 0.3) is 0 Å². The van der Waals surface area contributed by atoms with E-state index >= 15 is 0 Å². The summed E-state index contributed by atoms with van der Waals surface area (Å²) in [6.45, 7) is 4.22. The van der Waals surface area contributed by atoms with Crippen molar-refractivity contribution in [2.45, 2.75) is 19.8 Å². The Morgan fingerprint density at radius 1 is 1.47 bits per heavy atom. The monoisotopic (exact) mass is 207 g/mol. The van der Waals surface area contributed by atoms with Crippen LogP contribution in [0.4, 0.5) is 5.82 Å². The molecule has 1 unspecified atom stereocenters. The van der Waals surface area contributed by atoms with E-state index in [0.29, 0.717) is 5.92 Å². The van der Waals surface area contributed by atoms with Gasteiger partial charge in [-0.15, -0.1) is 5.10 Å². The van der Waals surface area contributed by atoms with Gasteiger partial charge in [0.2, 0.25) is 0 Å². The molecule has 0 radical (unpaired) electrons. The van der Waals surface area contributed by atoms with Crippen molar-refractivity contribution < 1.29 is 5.11 Å². The maximum Gasteiger partial charge on any atom is 0.151 e. The van der Waals surface area contributed by atoms with Gasteiger partial charge < -0.3 is 10.0 Å². The number of hydrogen-bond acceptors (Lipinski definition) is 4. The third-order valence-corrected chi connectivity index (χ3v) is 2.94. The van der Waals surface area contributed by atoms with Crippen LogP contribution in [0.5, 0.6) is 0 Å². The molecule has 0 saturated carbocycles. The summed E-state index contributed by atoms with van der Waals surface area (Å²) in [7, 11) is 0. The summed E-state index contributed by atoms with van der Waals surface area (Å²) >= 11 is 0. The summed E-state index contributed by atoms with van der Waals surface area (Å²) in [6, 6.07) is 4.04. The van der Waals surface area contributed by atoms with Crippen molar-refractivity contribution in [3.63, 3.8) is 0 Å². The topological polar surface area (TPSA) is 49.2 Å². The Morgan fingerprint density at radius 3 is 2.87 bits per heavy atom. The minimum atomic E-state index is 0.275. The molecule has 0 bridgehead atoms. The Balaban J connectivity index is 2.04. The van der Waals surface area contributed by atoms with Crippen LogP contribution < -0.4 is 4.90 Å². The largest absolute Gasteiger partial charge is 0.396 e. The summed E-state index contributed by atoms with van der Waals surface area (Å²) < 4.78 is 0. The quantitative estimate of drug-likeness (QED) is 0.798. The predicted molar refractivity (Wildman–Crippen MR) is 58.8 cm³/mol. The molecule has 4 heteroatoms. The zero-order valence-electron chi connectivity index (χ0n) is 9.06. The molecule has 1 saturated heterocycles. The van der Waals surface area contributed by atoms with E-state index in [1.165, 1.54) is 0 Å². The van der Waals surface area contributed by atoms with Crippen LogP contribution in [0.3, 0.4) is 0 Å². The minimum Gasteiger partial charge on any atom is -0.396 e. The highest BCUT2D eigenvalue weighted by molar-refractivity contribution is 5.38. The van der Waals surface area contributed by atoms with Gasteiger partial charge >= 0.3 is 0 Å². The molecule has 0 aliphatic carbocycles. The molecular formula is C11H17N3O. The SMILES string of the molecule is CCc1ccc(N2CCC(CO)C2)nn1. The smallest absolute Gasteiger partial charge is 0.151 e. The van der Waals surface area contributed by atoms with Gasteiger partial charge in [0, 0.05) is 25.6 Å². The van der Waals surface area contributed by atoms with Gasteiger partial charge in [-0.2, -0.15) is 5.10 Å². The van der Waals surface area contributed by atoms with E-state index in [-0.39, 0.29) is 6.61 Å². The van der Waals surface area contributed by atoms with Crippen molar-refractivity contribution in [1.82, 2.24) is 10.2 Å². The standard InChI is InChI=1S/C11H17N3O/c1-2-10-3-4-11(13-12-10)14-6-5-9(7-14)8-15/h3-4,9,15H,2,5-8H2,1H3. The maximum atomic E-state index is 9.05. The zero-order chi connectivity index (χ0) is 10.7. The highest BCUT2D eigenvalue weighted by Crippen LogP contribution is 2.20. The molecule has 1 fully saturated rings. The number of aliphatic hydroxyl groups is 1. The number of aromatic nitrogens is 2. The van der Waals surface area contributed by atoms with Gasteiger partial charge in [-0.1, -0.05) is 6.92 Å². The summed E-state index contributed by atoms with van der Waals surface area (Å²) in [5.74, 6) is 1.33. The van der Waals surface area contributed by atoms with Gasteiger partial charge in [0.05, 0.1) is 5.69 Å². The van der Waals surface area contributed by atoms with Crippen LogP contribution in [-0.4, -0.2) is 35.0 Å². The Bertz CT molecular complexity index is 312. The molecule has 15 heavy (non-hydrogen) atoms. The van der Waals surface area contributed by atoms with Crippen LogP contribution in [0.2, 0.25) is 0 Å². The molecule has 82 valence electrons. The molecular weight excluding hydrogens is 190 g/mol. The van der Waals surface area contributed by atoms with Gasteiger partial charge in [0.1, 0.15) is 0 Å². The van der Waals surface area contributed by atoms with Crippen molar-refractivity contribution in [3.8, 4) is 0 Å². The summed E-state index contributed by atoms with van der Waals surface area (Å²) in [6.07, 6.45) is 1.97. The lowest BCUT2D eigenvalue weighted by atomic mass is 10.1. The van der Waals surface area contributed by atoms with Crippen LogP contribution in [0.1, 0.15) is 19.0 Å². The second-order valence-corrected chi connectivity index (χ2v) is 4.02. The summed E-state index contributed by atoms with van der Waals surface area (Å²) in [4.78, 5) is 2.19. The lowest BCUT2D eigenvalue weighted by molar-refractivity contribution is 0.238. The Morgan fingerprint density at radius 2 is 2.33 bits per heavy atom. The third kappa shape index (κ3) is 2.26. The summed E-state index contributed by atoms with van der Waals surface area (Å²) in [5, 5.41) is 17.4. The van der Waals surface area contributed by atoms with E-state index in [9.17, 15) is 0 Å². The Hall–Kier alpha value is -1.16. The van der Waals surface area contributed by atoms with Crippen molar-refractivity contribution in [2.75, 3.05) is 24.6 Å². The zero-order valence-corrected chi connectivity index (χ0v) is 9.06. The van der Waals surface area contributed by atoms with E-state index in [1.807, 2.05) is 12.1 Å². The fourth-order valence-electron chi connectivity index (χ4n) is 1.90. The summed E-state index contributed by atoms with van der Waals surface area (Å²) in [5.41, 5.74) is 1.02. The van der Waals surface area contributed by atoms with Crippen LogP contribution >= 0.6 is 0 Å². The van der Waals surface area contributed by atoms with Crippen LogP contribution in [0.15, 0.2) is 12.1 Å². The first-order valence-corrected chi connectivity index (χ1v) is 5.52. The van der Waals surface area contributed by atoms with E-state index in [0.717, 1.165) is 37.4 Å². The van der Waals surface area contributed by atoms with E-state index in [4.69, 9.17) is 5.11 Å². The fourth-order valence-corrected chi connectivity index (χ4v) is 1.90. The predicted octanol–water partition coefficient (Wildman–Crippen LogP) is 0.858. The molecule has 0 amide bonds. The van der Waals surface area contributed by atoms with Gasteiger partial charge in [-0.05, 0) is 25.0 Å². The highest BCUT2D eigenvalue weighted by Gasteiger charge is 2.22. The van der Waals surface area contributed by atoms with Gasteiger partial charge in [-0.3, -0.25) is 0 Å². The van der Waals surface area contributed by atoms with Crippen molar-refractivity contribution in [1.29, 1.82) is 0 Å². The first-order chi connectivity index (χ1) is 7.33. The highest BCUT2D eigenvalue weighted by atomic mass is 16.3. The fraction of sp³-hybridized carbons (Fsp3) is 0.636. The van der Waals surface area contributed by atoms with Crippen molar-refractivity contribution in [2.24, 2.45) is 5.92 Å². The lowest BCUT2D eigenvalue weighted by Crippen LogP contribution is -2.22. The number of aliphatic hydroxyl groups excluding tert-OH is 1. The normalized spacial score (nSPS) is 20.9. The molecule has 1 atom stereocenters. The van der Waals surface area contributed by atoms with Gasteiger partial charge in [-0.25, -0.2) is 0 Å². The van der Waals surface area contributed by atoms with Gasteiger partial charge in [0.15, 0.2) is 5.82 Å². The molecule has 1 aromatic heterocycles. The van der Waals surface area contributed by atoms with Crippen LogP contribution in [0, 0.1) is 5.92 Å². The maximum absolute atomic E-state index is 9.05. The van der Waals surface area contributed by atoms with E-state index in [1.54, 1.807) is 0 Å². The number of hydrogen-bond donors (Lipinski definition) is 1. The number of rotatable bonds is 3. The third-order valence-electron chi connectivity index (χ3n) is 2.94. The number of nitrogens with zero attached hydrogens (tertiary/aromatic N) is 3. The Labute approximate surface area is 89.9 Å². The Kier molecular flexibility index (Phi) is 3.16. The molecule has 1 aliphatic heterocycles. The van der Waals surface area contributed by atoms with Crippen molar-refractivity contribution in [3.05, 3.63) is 17.8 Å². The molecule has 1 aliphatic rings. The second kappa shape index (κ2) is 4.57. The first kappa shape index (κ1) is 10.4. The molecule has 1 aromatic rings. The molecule has 0 aromatic carbocycles. The minimum absolute atomic E-state index is 0.275. The molecule has 1 N–H and O–H groups in total. The van der Waals surface area contributed by atoms with Crippen molar-refractivity contribution >= 4 is 5.82 Å². The average molecular weight is 207 g/mol. The van der Waals surface area contributed by atoms with Crippen LogP contribution in [0.25, 0.3) is 0 Å². The molecule has 2 heterocycles. The first-order valence-electron chi connectivity index (χ1n) is 5.52. The molecule has 4 nitrogen and oxygen atoms in total. The number of aryl methyl sites for hydroxylation is 1. The van der Waals surface area contributed by atoms with E-state index < -0.39 is 0 Å². The molecule has 0 spiro atoms. The lowest BCUT2D eigenvalue weighted by Gasteiger charge is -2.16. The second-order valence-electron chi connectivity index (χ2n) is 4.02. The van der Waals surface area contributed by atoms with E-state index in [2.05, 4.69) is 22.0 Å². The molecule has 2 rings (SSSR count). The number of anilines is 1. The average Bonchev–Trinajstić information content (AvgIpc) is 2.78. The van der Waals surface area contributed by atoms with Crippen LogP contribution in [-0.2, 0) is 6.42 Å².